The molecule has 0 fully saturated rings. The molecule has 0 aliphatic rings. The molecule has 0 bridgehead atoms. The summed E-state index contributed by atoms with van der Waals surface area (Å²) in [6, 6.07) is 12.4. The number of thioether (sulfide) groups is 1. The predicted molar refractivity (Wildman–Crippen MR) is 112 cm³/mol. The zero-order valence-corrected chi connectivity index (χ0v) is 16.7. The van der Waals surface area contributed by atoms with Gasteiger partial charge in [-0.1, -0.05) is 34.1 Å². The molecule has 130 valence electrons. The summed E-state index contributed by atoms with van der Waals surface area (Å²) >= 11 is 5.41. The number of aromatic nitrogens is 2. The number of unbranched alkanes of at least 4 members (excludes halogenated alkanes) is 1. The molecule has 0 amide bonds. The number of rotatable bonds is 8. The molecule has 2 heterocycles. The smallest absolute Gasteiger partial charge is 0.0703 e. The Labute approximate surface area is 161 Å². The van der Waals surface area contributed by atoms with E-state index in [4.69, 9.17) is 0 Å². The van der Waals surface area contributed by atoms with E-state index in [0.717, 1.165) is 33.4 Å². The average molecular weight is 416 g/mol. The van der Waals surface area contributed by atoms with E-state index < -0.39 is 0 Å². The third kappa shape index (κ3) is 4.95. The number of benzene rings is 1. The van der Waals surface area contributed by atoms with Gasteiger partial charge in [0.1, 0.15) is 0 Å². The fourth-order valence-electron chi connectivity index (χ4n) is 2.63. The first-order valence-electron chi connectivity index (χ1n) is 8.50. The Bertz CT molecular complexity index is 838. The van der Waals surface area contributed by atoms with Crippen molar-refractivity contribution >= 4 is 44.3 Å². The second-order valence-corrected chi connectivity index (χ2v) is 7.83. The lowest BCUT2D eigenvalue weighted by atomic mass is 10.2. The summed E-state index contributed by atoms with van der Waals surface area (Å²) < 4.78 is 0. The van der Waals surface area contributed by atoms with E-state index >= 15 is 0 Å². The van der Waals surface area contributed by atoms with Crippen LogP contribution in [-0.2, 0) is 6.54 Å². The van der Waals surface area contributed by atoms with Gasteiger partial charge < -0.3 is 5.32 Å². The SMILES string of the molecule is Cc1c(SCCCCBr)ccnc1CNc1cnc2ccccc2c1. The van der Waals surface area contributed by atoms with Crippen molar-refractivity contribution in [2.75, 3.05) is 16.4 Å². The van der Waals surface area contributed by atoms with E-state index in [0.29, 0.717) is 6.54 Å². The van der Waals surface area contributed by atoms with Crippen molar-refractivity contribution in [1.82, 2.24) is 9.97 Å². The largest absolute Gasteiger partial charge is 0.378 e. The summed E-state index contributed by atoms with van der Waals surface area (Å²) in [5, 5.41) is 5.68. The highest BCUT2D eigenvalue weighted by molar-refractivity contribution is 9.09. The Balaban J connectivity index is 1.65. The van der Waals surface area contributed by atoms with Gasteiger partial charge in [0.15, 0.2) is 0 Å². The second kappa shape index (κ2) is 9.20. The van der Waals surface area contributed by atoms with Crippen molar-refractivity contribution in [3.63, 3.8) is 0 Å². The van der Waals surface area contributed by atoms with Crippen LogP contribution in [0, 0.1) is 6.92 Å². The first-order chi connectivity index (χ1) is 12.3. The van der Waals surface area contributed by atoms with E-state index in [9.17, 15) is 0 Å². The van der Waals surface area contributed by atoms with Gasteiger partial charge in [-0.05, 0) is 49.3 Å². The minimum Gasteiger partial charge on any atom is -0.378 e. The van der Waals surface area contributed by atoms with Crippen LogP contribution in [0.15, 0.2) is 53.7 Å². The summed E-state index contributed by atoms with van der Waals surface area (Å²) in [7, 11) is 0. The van der Waals surface area contributed by atoms with Crippen molar-refractivity contribution in [3.8, 4) is 0 Å². The number of alkyl halides is 1. The van der Waals surface area contributed by atoms with E-state index in [-0.39, 0.29) is 0 Å². The van der Waals surface area contributed by atoms with Gasteiger partial charge in [0.2, 0.25) is 0 Å². The summed E-state index contributed by atoms with van der Waals surface area (Å²) in [6.07, 6.45) is 6.25. The number of nitrogens with zero attached hydrogens (tertiary/aromatic N) is 2. The number of nitrogens with one attached hydrogen (secondary N) is 1. The third-order valence-electron chi connectivity index (χ3n) is 4.09. The molecule has 1 N–H and O–H groups in total. The Hall–Kier alpha value is -1.59. The van der Waals surface area contributed by atoms with Gasteiger partial charge in [-0.25, -0.2) is 0 Å². The highest BCUT2D eigenvalue weighted by atomic mass is 79.9. The molecule has 3 nitrogen and oxygen atoms in total. The molecule has 0 atom stereocenters. The number of para-hydroxylation sites is 1. The Morgan fingerprint density at radius 2 is 2.00 bits per heavy atom. The van der Waals surface area contributed by atoms with Crippen LogP contribution in [0.5, 0.6) is 0 Å². The zero-order chi connectivity index (χ0) is 17.5. The molecule has 0 radical (unpaired) electrons. The maximum absolute atomic E-state index is 4.56. The number of fused-ring (bicyclic) bond motifs is 1. The van der Waals surface area contributed by atoms with Gasteiger partial charge in [0.05, 0.1) is 29.6 Å². The van der Waals surface area contributed by atoms with Gasteiger partial charge in [0, 0.05) is 21.8 Å². The van der Waals surface area contributed by atoms with E-state index in [1.54, 1.807) is 0 Å². The Kier molecular flexibility index (Phi) is 6.70. The molecule has 0 saturated heterocycles. The predicted octanol–water partition coefficient (Wildman–Crippen LogP) is 5.82. The fourth-order valence-corrected chi connectivity index (χ4v) is 4.08. The van der Waals surface area contributed by atoms with Crippen LogP contribution in [0.2, 0.25) is 0 Å². The van der Waals surface area contributed by atoms with Crippen LogP contribution in [0.1, 0.15) is 24.1 Å². The quantitative estimate of drug-likeness (QED) is 0.285. The molecule has 5 heteroatoms. The summed E-state index contributed by atoms with van der Waals surface area (Å²) in [4.78, 5) is 10.4. The minimum absolute atomic E-state index is 0.710. The summed E-state index contributed by atoms with van der Waals surface area (Å²) in [6.45, 7) is 2.87. The number of halogens is 1. The van der Waals surface area contributed by atoms with Crippen LogP contribution in [0.3, 0.4) is 0 Å². The van der Waals surface area contributed by atoms with E-state index in [2.05, 4.69) is 56.3 Å². The van der Waals surface area contributed by atoms with Crippen LogP contribution >= 0.6 is 27.7 Å². The van der Waals surface area contributed by atoms with Crippen molar-refractivity contribution in [3.05, 3.63) is 60.0 Å². The highest BCUT2D eigenvalue weighted by Gasteiger charge is 2.06. The van der Waals surface area contributed by atoms with Gasteiger partial charge in [-0.3, -0.25) is 9.97 Å². The second-order valence-electron chi connectivity index (χ2n) is 5.90. The monoisotopic (exact) mass is 415 g/mol. The Morgan fingerprint density at radius 1 is 1.12 bits per heavy atom. The minimum atomic E-state index is 0.710. The lowest BCUT2D eigenvalue weighted by Gasteiger charge is -2.12. The first kappa shape index (κ1) is 18.2. The molecular formula is C20H22BrN3S. The van der Waals surface area contributed by atoms with Gasteiger partial charge >= 0.3 is 0 Å². The number of hydrogen-bond donors (Lipinski definition) is 1. The topological polar surface area (TPSA) is 37.8 Å². The first-order valence-corrected chi connectivity index (χ1v) is 10.6. The van der Waals surface area contributed by atoms with Crippen molar-refractivity contribution in [2.24, 2.45) is 0 Å². The lowest BCUT2D eigenvalue weighted by Crippen LogP contribution is -2.05. The summed E-state index contributed by atoms with van der Waals surface area (Å²) in [5.41, 5.74) is 4.41. The van der Waals surface area contributed by atoms with E-state index in [1.165, 1.54) is 23.3 Å². The van der Waals surface area contributed by atoms with Crippen molar-refractivity contribution in [1.29, 1.82) is 0 Å². The molecule has 0 aliphatic carbocycles. The van der Waals surface area contributed by atoms with Gasteiger partial charge in [-0.15, -0.1) is 11.8 Å². The molecule has 1 aromatic carbocycles. The number of hydrogen-bond acceptors (Lipinski definition) is 4. The van der Waals surface area contributed by atoms with Gasteiger partial charge in [0.25, 0.3) is 0 Å². The molecular weight excluding hydrogens is 394 g/mol. The standard InChI is InChI=1S/C20H22BrN3S/c1-15-19(22-10-8-20(15)25-11-5-4-9-21)14-23-17-12-16-6-2-3-7-18(16)24-13-17/h2-3,6-8,10,12-13,23H,4-5,9,11,14H2,1H3. The normalized spacial score (nSPS) is 11.0. The summed E-state index contributed by atoms with van der Waals surface area (Å²) in [5.74, 6) is 1.15. The molecule has 0 saturated carbocycles. The van der Waals surface area contributed by atoms with Crippen LogP contribution in [0.4, 0.5) is 5.69 Å². The number of pyridine rings is 2. The average Bonchev–Trinajstić information content (AvgIpc) is 2.65. The molecule has 0 unspecified atom stereocenters. The molecule has 2 aromatic heterocycles. The van der Waals surface area contributed by atoms with Crippen molar-refractivity contribution in [2.45, 2.75) is 31.2 Å². The fraction of sp³-hybridized carbons (Fsp3) is 0.300. The molecule has 0 spiro atoms. The lowest BCUT2D eigenvalue weighted by molar-refractivity contribution is 0.911. The number of anilines is 1. The van der Waals surface area contributed by atoms with Crippen molar-refractivity contribution < 1.29 is 0 Å². The maximum atomic E-state index is 4.56. The molecule has 3 rings (SSSR count). The third-order valence-corrected chi connectivity index (χ3v) is 5.90. The zero-order valence-electron chi connectivity index (χ0n) is 14.3. The van der Waals surface area contributed by atoms with E-state index in [1.807, 2.05) is 42.4 Å². The maximum Gasteiger partial charge on any atom is 0.0703 e. The van der Waals surface area contributed by atoms with Crippen LogP contribution in [-0.4, -0.2) is 21.1 Å². The Morgan fingerprint density at radius 3 is 2.88 bits per heavy atom. The van der Waals surface area contributed by atoms with Crippen LogP contribution < -0.4 is 5.32 Å². The highest BCUT2D eigenvalue weighted by Crippen LogP contribution is 2.25. The van der Waals surface area contributed by atoms with Gasteiger partial charge in [-0.2, -0.15) is 0 Å². The van der Waals surface area contributed by atoms with Crippen LogP contribution in [0.25, 0.3) is 10.9 Å². The molecule has 25 heavy (non-hydrogen) atoms. The molecule has 3 aromatic rings. The molecule has 0 aliphatic heterocycles.